The van der Waals surface area contributed by atoms with Crippen molar-refractivity contribution in [2.45, 2.75) is 26.2 Å². The minimum absolute atomic E-state index is 0.0573. The summed E-state index contributed by atoms with van der Waals surface area (Å²) in [5.74, 6) is -0.0127. The molecule has 1 aliphatic heterocycles. The van der Waals surface area contributed by atoms with Gasteiger partial charge in [-0.05, 0) is 55.2 Å². The SMILES string of the molecule is CCCNC(=O)c1ccc(NCC(=O)N2CCCc3ccccc32)cc1. The molecule has 5 heteroatoms. The van der Waals surface area contributed by atoms with Crippen molar-refractivity contribution in [2.24, 2.45) is 0 Å². The zero-order valence-electron chi connectivity index (χ0n) is 15.1. The van der Waals surface area contributed by atoms with Crippen molar-refractivity contribution in [3.8, 4) is 0 Å². The number of nitrogens with one attached hydrogen (secondary N) is 2. The average molecular weight is 351 g/mol. The molecule has 0 saturated heterocycles. The smallest absolute Gasteiger partial charge is 0.251 e. The van der Waals surface area contributed by atoms with Gasteiger partial charge in [-0.1, -0.05) is 25.1 Å². The van der Waals surface area contributed by atoms with E-state index in [-0.39, 0.29) is 18.4 Å². The summed E-state index contributed by atoms with van der Waals surface area (Å²) in [4.78, 5) is 26.4. The standard InChI is InChI=1S/C21H25N3O2/c1-2-13-22-21(26)17-9-11-18(12-10-17)23-15-20(25)24-14-5-7-16-6-3-4-8-19(16)24/h3-4,6,8-12,23H,2,5,7,13-15H2,1H3,(H,22,26). The minimum Gasteiger partial charge on any atom is -0.376 e. The van der Waals surface area contributed by atoms with Crippen molar-refractivity contribution in [1.82, 2.24) is 5.32 Å². The van der Waals surface area contributed by atoms with Crippen LogP contribution < -0.4 is 15.5 Å². The molecule has 2 aromatic rings. The lowest BCUT2D eigenvalue weighted by atomic mass is 10.0. The second-order valence-corrected chi connectivity index (χ2v) is 6.46. The number of rotatable bonds is 6. The Balaban J connectivity index is 1.58. The summed E-state index contributed by atoms with van der Waals surface area (Å²) >= 11 is 0. The second-order valence-electron chi connectivity index (χ2n) is 6.46. The molecule has 3 rings (SSSR count). The fourth-order valence-electron chi connectivity index (χ4n) is 3.15. The summed E-state index contributed by atoms with van der Waals surface area (Å²) in [7, 11) is 0. The van der Waals surface area contributed by atoms with Gasteiger partial charge in [-0.15, -0.1) is 0 Å². The fourth-order valence-corrected chi connectivity index (χ4v) is 3.15. The normalized spacial score (nSPS) is 13.0. The molecule has 0 unspecified atom stereocenters. The number of hydrogen-bond donors (Lipinski definition) is 2. The number of benzene rings is 2. The summed E-state index contributed by atoms with van der Waals surface area (Å²) < 4.78 is 0. The summed E-state index contributed by atoms with van der Waals surface area (Å²) in [5, 5.41) is 6.01. The second kappa shape index (κ2) is 8.52. The van der Waals surface area contributed by atoms with E-state index in [1.165, 1.54) is 5.56 Å². The lowest BCUT2D eigenvalue weighted by molar-refractivity contribution is -0.117. The molecule has 1 aliphatic rings. The van der Waals surface area contributed by atoms with Gasteiger partial charge in [0.05, 0.1) is 6.54 Å². The maximum Gasteiger partial charge on any atom is 0.251 e. The van der Waals surface area contributed by atoms with Crippen LogP contribution in [0.5, 0.6) is 0 Å². The third-order valence-corrected chi connectivity index (χ3v) is 4.54. The Morgan fingerprint density at radius 3 is 2.62 bits per heavy atom. The van der Waals surface area contributed by atoms with Gasteiger partial charge in [-0.25, -0.2) is 0 Å². The van der Waals surface area contributed by atoms with Crippen LogP contribution in [0.4, 0.5) is 11.4 Å². The van der Waals surface area contributed by atoms with Gasteiger partial charge in [-0.3, -0.25) is 9.59 Å². The van der Waals surface area contributed by atoms with Crippen LogP contribution in [-0.4, -0.2) is 31.4 Å². The molecule has 0 aliphatic carbocycles. The number of anilines is 2. The quantitative estimate of drug-likeness (QED) is 0.840. The van der Waals surface area contributed by atoms with Crippen molar-refractivity contribution < 1.29 is 9.59 Å². The van der Waals surface area contributed by atoms with Crippen LogP contribution in [0.1, 0.15) is 35.7 Å². The third kappa shape index (κ3) is 4.23. The van der Waals surface area contributed by atoms with Gasteiger partial charge in [0.2, 0.25) is 5.91 Å². The monoisotopic (exact) mass is 351 g/mol. The van der Waals surface area contributed by atoms with Crippen molar-refractivity contribution in [1.29, 1.82) is 0 Å². The number of carbonyl (C=O) groups excluding carboxylic acids is 2. The number of hydrogen-bond acceptors (Lipinski definition) is 3. The molecule has 26 heavy (non-hydrogen) atoms. The Kier molecular flexibility index (Phi) is 5.89. The first-order valence-electron chi connectivity index (χ1n) is 9.19. The highest BCUT2D eigenvalue weighted by Gasteiger charge is 2.21. The third-order valence-electron chi connectivity index (χ3n) is 4.54. The lowest BCUT2D eigenvalue weighted by Crippen LogP contribution is -2.39. The molecule has 0 radical (unpaired) electrons. The largest absolute Gasteiger partial charge is 0.376 e. The molecule has 0 spiro atoms. The molecule has 2 amide bonds. The maximum atomic E-state index is 12.6. The molecule has 2 aromatic carbocycles. The van der Waals surface area contributed by atoms with Gasteiger partial charge in [0.25, 0.3) is 5.91 Å². The Morgan fingerprint density at radius 2 is 1.85 bits per heavy atom. The average Bonchev–Trinajstić information content (AvgIpc) is 2.70. The van der Waals surface area contributed by atoms with Crippen molar-refractivity contribution >= 4 is 23.2 Å². The predicted octanol–water partition coefficient (Wildman–Crippen LogP) is 3.22. The molecule has 0 bridgehead atoms. The predicted molar refractivity (Wildman–Crippen MR) is 105 cm³/mol. The zero-order chi connectivity index (χ0) is 18.4. The van der Waals surface area contributed by atoms with Crippen LogP contribution in [0.3, 0.4) is 0 Å². The van der Waals surface area contributed by atoms with Gasteiger partial charge in [0.1, 0.15) is 0 Å². The molecule has 0 saturated carbocycles. The van der Waals surface area contributed by atoms with E-state index in [1.807, 2.05) is 42.2 Å². The molecule has 0 atom stereocenters. The number of fused-ring (bicyclic) bond motifs is 1. The van der Waals surface area contributed by atoms with Crippen LogP contribution in [0.15, 0.2) is 48.5 Å². The summed E-state index contributed by atoms with van der Waals surface area (Å²) in [5.41, 5.74) is 3.71. The number of nitrogens with zero attached hydrogens (tertiary/aromatic N) is 1. The van der Waals surface area contributed by atoms with Crippen LogP contribution in [0.2, 0.25) is 0 Å². The minimum atomic E-state index is -0.0700. The molecule has 1 heterocycles. The molecule has 0 aromatic heterocycles. The first kappa shape index (κ1) is 18.0. The van der Waals surface area contributed by atoms with E-state index in [1.54, 1.807) is 12.1 Å². The van der Waals surface area contributed by atoms with E-state index in [9.17, 15) is 9.59 Å². The van der Waals surface area contributed by atoms with E-state index in [0.29, 0.717) is 12.1 Å². The molecule has 136 valence electrons. The molecular formula is C21H25N3O2. The van der Waals surface area contributed by atoms with Crippen LogP contribution in [-0.2, 0) is 11.2 Å². The highest BCUT2D eigenvalue weighted by molar-refractivity contribution is 5.97. The zero-order valence-corrected chi connectivity index (χ0v) is 15.1. The van der Waals surface area contributed by atoms with Gasteiger partial charge in [-0.2, -0.15) is 0 Å². The van der Waals surface area contributed by atoms with E-state index in [0.717, 1.165) is 37.2 Å². The van der Waals surface area contributed by atoms with Crippen molar-refractivity contribution in [3.63, 3.8) is 0 Å². The van der Waals surface area contributed by atoms with Crippen molar-refractivity contribution in [3.05, 3.63) is 59.7 Å². The first-order chi connectivity index (χ1) is 12.7. The summed E-state index contributed by atoms with van der Waals surface area (Å²) in [6.45, 7) is 3.68. The van der Waals surface area contributed by atoms with E-state index in [2.05, 4.69) is 16.7 Å². The van der Waals surface area contributed by atoms with Gasteiger partial charge < -0.3 is 15.5 Å². The van der Waals surface area contributed by atoms with Gasteiger partial charge in [0.15, 0.2) is 0 Å². The maximum absolute atomic E-state index is 12.6. The Hall–Kier alpha value is -2.82. The number of carbonyl (C=O) groups is 2. The molecule has 5 nitrogen and oxygen atoms in total. The Morgan fingerprint density at radius 1 is 1.08 bits per heavy atom. The number of amides is 2. The Bertz CT molecular complexity index is 771. The summed E-state index contributed by atoms with van der Waals surface area (Å²) in [6.07, 6.45) is 2.92. The highest BCUT2D eigenvalue weighted by atomic mass is 16.2. The number of para-hydroxylation sites is 1. The molecule has 2 N–H and O–H groups in total. The lowest BCUT2D eigenvalue weighted by Gasteiger charge is -2.29. The van der Waals surface area contributed by atoms with Crippen molar-refractivity contribution in [2.75, 3.05) is 29.9 Å². The molecule has 0 fully saturated rings. The topological polar surface area (TPSA) is 61.4 Å². The van der Waals surface area contributed by atoms with E-state index >= 15 is 0 Å². The van der Waals surface area contributed by atoms with Gasteiger partial charge >= 0.3 is 0 Å². The summed E-state index contributed by atoms with van der Waals surface area (Å²) in [6, 6.07) is 15.3. The first-order valence-corrected chi connectivity index (χ1v) is 9.19. The molecular weight excluding hydrogens is 326 g/mol. The highest BCUT2D eigenvalue weighted by Crippen LogP contribution is 2.26. The van der Waals surface area contributed by atoms with Crippen LogP contribution in [0, 0.1) is 0 Å². The van der Waals surface area contributed by atoms with Crippen LogP contribution in [0.25, 0.3) is 0 Å². The van der Waals surface area contributed by atoms with Crippen LogP contribution >= 0.6 is 0 Å². The number of aryl methyl sites for hydroxylation is 1. The van der Waals surface area contributed by atoms with Gasteiger partial charge in [0, 0.05) is 30.0 Å². The van der Waals surface area contributed by atoms with E-state index < -0.39 is 0 Å². The Labute approximate surface area is 154 Å². The fraction of sp³-hybridized carbons (Fsp3) is 0.333. The van der Waals surface area contributed by atoms with E-state index in [4.69, 9.17) is 0 Å².